The molecule has 0 spiro atoms. The highest BCUT2D eigenvalue weighted by molar-refractivity contribution is 6.05. The summed E-state index contributed by atoms with van der Waals surface area (Å²) >= 11 is 0. The number of piperazine rings is 1. The molecular weight excluding hydrogens is 780 g/mol. The number of amides is 4. The van der Waals surface area contributed by atoms with Crippen LogP contribution in [0.2, 0.25) is 0 Å². The van der Waals surface area contributed by atoms with E-state index in [1.165, 1.54) is 12.1 Å². The number of carbonyl (C=O) groups is 4. The maximum atomic E-state index is 15.6. The number of aromatic amines is 1. The molecule has 3 saturated heterocycles. The van der Waals surface area contributed by atoms with Gasteiger partial charge < -0.3 is 29.7 Å². The molecule has 4 amide bonds. The first-order valence-corrected chi connectivity index (χ1v) is 21.0. The molecule has 1 atom stereocenters. The predicted octanol–water partition coefficient (Wildman–Crippen LogP) is 4.17. The van der Waals surface area contributed by atoms with Gasteiger partial charge in [0.25, 0.3) is 11.8 Å². The fraction of sp³-hybridized carbons (Fsp3) is 0.435. The number of ether oxygens (including phenoxy) is 1. The highest BCUT2D eigenvalue weighted by atomic mass is 19.1. The summed E-state index contributed by atoms with van der Waals surface area (Å²) in [4.78, 5) is 73.9. The van der Waals surface area contributed by atoms with Crippen molar-refractivity contribution in [2.45, 2.75) is 65.3 Å². The van der Waals surface area contributed by atoms with Gasteiger partial charge in [0.05, 0.1) is 16.8 Å². The van der Waals surface area contributed by atoms with Crippen LogP contribution in [-0.4, -0.2) is 102 Å². The zero-order valence-corrected chi connectivity index (χ0v) is 34.7. The topological polar surface area (TPSA) is 171 Å². The first kappa shape index (κ1) is 40.2. The number of carbonyl (C=O) groups excluding carboxylic acids is 4. The molecule has 5 aliphatic rings. The number of H-pyrrole nitrogens is 1. The Morgan fingerprint density at radius 3 is 2.39 bits per heavy atom. The third-order valence-corrected chi connectivity index (χ3v) is 13.6. The molecular formula is C46H49FN8O6. The molecule has 0 radical (unpaired) electrons. The quantitative estimate of drug-likeness (QED) is 0.208. The molecule has 316 valence electrons. The van der Waals surface area contributed by atoms with Crippen LogP contribution in [0.3, 0.4) is 0 Å². The molecule has 4 aliphatic heterocycles. The maximum absolute atomic E-state index is 15.6. The summed E-state index contributed by atoms with van der Waals surface area (Å²) in [6.45, 7) is 14.2. The number of fused-ring (bicyclic) bond motifs is 2. The number of halogens is 1. The average Bonchev–Trinajstić information content (AvgIpc) is 3.54. The van der Waals surface area contributed by atoms with Crippen LogP contribution in [0, 0.1) is 33.9 Å². The van der Waals surface area contributed by atoms with Gasteiger partial charge in [0.15, 0.2) is 0 Å². The summed E-state index contributed by atoms with van der Waals surface area (Å²) in [5.74, 6) is -0.760. The van der Waals surface area contributed by atoms with E-state index in [0.29, 0.717) is 52.4 Å². The van der Waals surface area contributed by atoms with Crippen LogP contribution >= 0.6 is 0 Å². The lowest BCUT2D eigenvalue weighted by Gasteiger charge is -2.63. The van der Waals surface area contributed by atoms with E-state index in [9.17, 15) is 29.2 Å². The number of nitrogens with one attached hydrogen (secondary N) is 3. The Morgan fingerprint density at radius 1 is 0.934 bits per heavy atom. The fourth-order valence-corrected chi connectivity index (χ4v) is 10.7. The van der Waals surface area contributed by atoms with Gasteiger partial charge in [0.2, 0.25) is 17.4 Å². The molecule has 0 bridgehead atoms. The van der Waals surface area contributed by atoms with Gasteiger partial charge >= 0.3 is 0 Å². The zero-order chi connectivity index (χ0) is 43.0. The molecule has 15 heteroatoms. The van der Waals surface area contributed by atoms with Crippen molar-refractivity contribution in [3.05, 3.63) is 99.1 Å². The number of hydrogen-bond acceptors (Lipinski definition) is 10. The lowest BCUT2D eigenvalue weighted by Crippen LogP contribution is -2.74. The monoisotopic (exact) mass is 828 g/mol. The van der Waals surface area contributed by atoms with Crippen molar-refractivity contribution >= 4 is 45.9 Å². The molecule has 1 aliphatic carbocycles. The van der Waals surface area contributed by atoms with Crippen LogP contribution < -0.4 is 30.7 Å². The Kier molecular flexibility index (Phi) is 9.89. The number of imide groups is 1. The van der Waals surface area contributed by atoms with Crippen LogP contribution in [0.1, 0.15) is 72.4 Å². The molecule has 1 saturated carbocycles. The summed E-state index contributed by atoms with van der Waals surface area (Å²) < 4.78 is 22.2. The summed E-state index contributed by atoms with van der Waals surface area (Å²) in [5.41, 5.74) is 2.71. The second-order valence-electron chi connectivity index (χ2n) is 18.3. The van der Waals surface area contributed by atoms with Crippen LogP contribution in [0.25, 0.3) is 10.9 Å². The fourth-order valence-electron chi connectivity index (χ4n) is 10.7. The number of pyridine rings is 1. The van der Waals surface area contributed by atoms with E-state index in [-0.39, 0.29) is 47.4 Å². The van der Waals surface area contributed by atoms with Gasteiger partial charge in [0, 0.05) is 110 Å². The Morgan fingerprint density at radius 2 is 1.69 bits per heavy atom. The van der Waals surface area contributed by atoms with Crippen LogP contribution in [-0.2, 0) is 16.1 Å². The predicted molar refractivity (Wildman–Crippen MR) is 226 cm³/mol. The van der Waals surface area contributed by atoms with Crippen LogP contribution in [0.5, 0.6) is 5.75 Å². The third-order valence-electron chi connectivity index (χ3n) is 13.6. The molecule has 9 rings (SSSR count). The van der Waals surface area contributed by atoms with E-state index in [2.05, 4.69) is 37.6 Å². The molecule has 1 unspecified atom stereocenters. The number of piperidine rings is 1. The number of nitriles is 1. The van der Waals surface area contributed by atoms with Crippen molar-refractivity contribution in [3.8, 4) is 11.8 Å². The molecule has 3 N–H and O–H groups in total. The maximum Gasteiger partial charge on any atom is 0.255 e. The first-order valence-electron chi connectivity index (χ1n) is 21.0. The molecule has 14 nitrogen and oxygen atoms in total. The van der Waals surface area contributed by atoms with E-state index >= 15 is 4.39 Å². The minimum absolute atomic E-state index is 0.173. The minimum Gasteiger partial charge on any atom is -0.488 e. The molecule has 5 heterocycles. The summed E-state index contributed by atoms with van der Waals surface area (Å²) in [7, 11) is 0. The summed E-state index contributed by atoms with van der Waals surface area (Å²) in [6, 6.07) is 18.2. The zero-order valence-electron chi connectivity index (χ0n) is 34.7. The van der Waals surface area contributed by atoms with Crippen molar-refractivity contribution in [1.82, 2.24) is 25.4 Å². The average molecular weight is 829 g/mol. The Labute approximate surface area is 352 Å². The number of rotatable bonds is 9. The van der Waals surface area contributed by atoms with Crippen molar-refractivity contribution in [2.24, 2.45) is 16.7 Å². The molecule has 4 aromatic rings. The number of anilines is 2. The van der Waals surface area contributed by atoms with Gasteiger partial charge in [-0.2, -0.15) is 5.26 Å². The minimum atomic E-state index is -0.633. The van der Waals surface area contributed by atoms with E-state index in [1.807, 2.05) is 44.7 Å². The molecule has 3 aromatic carbocycles. The Hall–Kier alpha value is -6.27. The molecule has 61 heavy (non-hydrogen) atoms. The smallest absolute Gasteiger partial charge is 0.255 e. The third kappa shape index (κ3) is 7.06. The Bertz CT molecular complexity index is 2570. The largest absolute Gasteiger partial charge is 0.488 e. The highest BCUT2D eigenvalue weighted by Gasteiger charge is 2.64. The van der Waals surface area contributed by atoms with Crippen LogP contribution in [0.15, 0.2) is 65.5 Å². The molecule has 1 aromatic heterocycles. The van der Waals surface area contributed by atoms with E-state index in [0.717, 1.165) is 57.1 Å². The molecule has 4 fully saturated rings. The number of benzene rings is 3. The van der Waals surface area contributed by atoms with Gasteiger partial charge in [-0.05, 0) is 66.6 Å². The summed E-state index contributed by atoms with van der Waals surface area (Å²) in [5, 5.41) is 15.7. The van der Waals surface area contributed by atoms with E-state index in [4.69, 9.17) is 4.74 Å². The number of hydrogen-bond donors (Lipinski definition) is 3. The van der Waals surface area contributed by atoms with Gasteiger partial charge in [-0.3, -0.25) is 34.2 Å². The van der Waals surface area contributed by atoms with Gasteiger partial charge in [-0.1, -0.05) is 27.7 Å². The van der Waals surface area contributed by atoms with E-state index < -0.39 is 28.6 Å². The van der Waals surface area contributed by atoms with Crippen molar-refractivity contribution < 1.29 is 28.3 Å². The second-order valence-corrected chi connectivity index (χ2v) is 18.3. The Balaban J connectivity index is 0.755. The van der Waals surface area contributed by atoms with Crippen LogP contribution in [0.4, 0.5) is 15.8 Å². The van der Waals surface area contributed by atoms with Gasteiger partial charge in [-0.25, -0.2) is 4.39 Å². The highest BCUT2D eigenvalue weighted by Crippen LogP contribution is 2.56. The standard InChI is InChI=1S/C46H49FN8O6/c1-45(2)43(46(3,4)44(45)61-36-12-6-28(21-48)39-32(36)9-13-37(56)49-39)51-40(58)27-5-10-34(33(47)20-27)54-23-26(24-54)22-52-15-17-53(18-16-52)30-7-8-31-29(19-30)25-55(42(31)60)35-11-14-38(57)50-41(35)59/h5-10,12-13,19-20,26,35,43-44H,11,14-18,22-25H2,1-4H3,(H,49,56)(H,51,58)(H,50,57,59). The normalized spacial score (nSPS) is 23.5. The van der Waals surface area contributed by atoms with E-state index in [1.54, 1.807) is 35.2 Å². The van der Waals surface area contributed by atoms with Gasteiger partial charge in [0.1, 0.15) is 29.8 Å². The summed E-state index contributed by atoms with van der Waals surface area (Å²) in [6.07, 6.45) is 0.239. The SMILES string of the molecule is CC1(C)C(NC(=O)c2ccc(N3CC(CN4CCN(c5ccc6c(c5)CN(C5CCC(=O)NC5=O)C6=O)CC4)C3)c(F)c2)C(C)(C)C1Oc1ccc(C#N)c2[nH]c(=O)ccc12. The first-order chi connectivity index (χ1) is 29.1. The van der Waals surface area contributed by atoms with Crippen molar-refractivity contribution in [1.29, 1.82) is 5.26 Å². The lowest BCUT2D eigenvalue weighted by molar-refractivity contribution is -0.163. The van der Waals surface area contributed by atoms with Crippen molar-refractivity contribution in [3.63, 3.8) is 0 Å². The lowest BCUT2D eigenvalue weighted by atomic mass is 9.49. The van der Waals surface area contributed by atoms with Crippen molar-refractivity contribution in [2.75, 3.05) is 55.6 Å². The van der Waals surface area contributed by atoms with Gasteiger partial charge in [-0.15, -0.1) is 0 Å². The second kappa shape index (κ2) is 15.0. The number of nitrogens with zero attached hydrogens (tertiary/aromatic N) is 5. The number of aromatic nitrogens is 1.